The summed E-state index contributed by atoms with van der Waals surface area (Å²) in [5.41, 5.74) is 0. The van der Waals surface area contributed by atoms with Crippen LogP contribution in [0.1, 0.15) is 40.5 Å². The van der Waals surface area contributed by atoms with Gasteiger partial charge in [0.25, 0.3) is 0 Å². The summed E-state index contributed by atoms with van der Waals surface area (Å²) in [5.74, 6) is 2.16. The summed E-state index contributed by atoms with van der Waals surface area (Å²) in [6, 6.07) is 0. The van der Waals surface area contributed by atoms with Gasteiger partial charge in [-0.05, 0) is 37.3 Å². The topological polar surface area (TPSA) is 21.3 Å². The summed E-state index contributed by atoms with van der Waals surface area (Å²) in [4.78, 5) is 0. The van der Waals surface area contributed by atoms with E-state index in [9.17, 15) is 0 Å². The highest BCUT2D eigenvalue weighted by Crippen LogP contribution is 2.17. The first-order valence-electron chi connectivity index (χ1n) is 6.31. The van der Waals surface area contributed by atoms with Gasteiger partial charge in [0.1, 0.15) is 0 Å². The van der Waals surface area contributed by atoms with Crippen LogP contribution >= 0.6 is 0 Å². The fourth-order valence-corrected chi connectivity index (χ4v) is 1.91. The zero-order chi connectivity index (χ0) is 11.7. The second-order valence-corrected chi connectivity index (χ2v) is 5.03. The molecule has 2 nitrogen and oxygen atoms in total. The highest BCUT2D eigenvalue weighted by molar-refractivity contribution is 4.69. The van der Waals surface area contributed by atoms with E-state index in [2.05, 4.69) is 33.0 Å². The number of nitrogens with one attached hydrogen (secondary N) is 1. The Morgan fingerprint density at radius 2 is 1.80 bits per heavy atom. The van der Waals surface area contributed by atoms with E-state index in [0.717, 1.165) is 31.5 Å². The van der Waals surface area contributed by atoms with Crippen LogP contribution in [-0.4, -0.2) is 26.8 Å². The summed E-state index contributed by atoms with van der Waals surface area (Å²) < 4.78 is 5.23. The van der Waals surface area contributed by atoms with Crippen LogP contribution in [0.2, 0.25) is 0 Å². The lowest BCUT2D eigenvalue weighted by atomic mass is 9.90. The number of rotatable bonds is 9. The quantitative estimate of drug-likeness (QED) is 0.638. The Labute approximate surface area is 95.8 Å². The van der Waals surface area contributed by atoms with Gasteiger partial charge in [-0.1, -0.05) is 34.1 Å². The summed E-state index contributed by atoms with van der Waals surface area (Å²) in [7, 11) is 1.79. The van der Waals surface area contributed by atoms with Crippen molar-refractivity contribution in [3.63, 3.8) is 0 Å². The van der Waals surface area contributed by atoms with Gasteiger partial charge >= 0.3 is 0 Å². The van der Waals surface area contributed by atoms with Crippen LogP contribution < -0.4 is 5.32 Å². The molecule has 2 heteroatoms. The number of hydrogen-bond acceptors (Lipinski definition) is 2. The smallest absolute Gasteiger partial charge is 0.0490 e. The van der Waals surface area contributed by atoms with Crippen molar-refractivity contribution < 1.29 is 4.74 Å². The van der Waals surface area contributed by atoms with Crippen molar-refractivity contribution in [2.45, 2.75) is 40.5 Å². The molecule has 0 aromatic carbocycles. The first kappa shape index (κ1) is 14.9. The van der Waals surface area contributed by atoms with Crippen LogP contribution in [0.15, 0.2) is 0 Å². The van der Waals surface area contributed by atoms with E-state index < -0.39 is 0 Å². The van der Waals surface area contributed by atoms with Crippen molar-refractivity contribution in [2.24, 2.45) is 17.8 Å². The number of methoxy groups -OCH3 is 1. The molecule has 0 aromatic rings. The molecule has 0 bridgehead atoms. The molecular weight excluding hydrogens is 186 g/mol. The van der Waals surface area contributed by atoms with Gasteiger partial charge < -0.3 is 10.1 Å². The zero-order valence-electron chi connectivity index (χ0n) is 11.2. The number of ether oxygens (including phenoxy) is 1. The van der Waals surface area contributed by atoms with E-state index in [1.54, 1.807) is 7.11 Å². The maximum atomic E-state index is 5.23. The Bertz CT molecular complexity index is 136. The molecule has 0 aliphatic heterocycles. The molecule has 92 valence electrons. The Morgan fingerprint density at radius 3 is 2.27 bits per heavy atom. The molecule has 0 heterocycles. The van der Waals surface area contributed by atoms with Crippen LogP contribution in [0.5, 0.6) is 0 Å². The van der Waals surface area contributed by atoms with Crippen molar-refractivity contribution in [1.82, 2.24) is 5.32 Å². The summed E-state index contributed by atoms with van der Waals surface area (Å²) in [6.07, 6.45) is 2.57. The van der Waals surface area contributed by atoms with Gasteiger partial charge in [-0.15, -0.1) is 0 Å². The van der Waals surface area contributed by atoms with E-state index in [0.29, 0.717) is 5.92 Å². The van der Waals surface area contributed by atoms with Gasteiger partial charge in [-0.25, -0.2) is 0 Å². The third-order valence-electron chi connectivity index (χ3n) is 2.85. The maximum Gasteiger partial charge on any atom is 0.0490 e. The minimum Gasteiger partial charge on any atom is -0.384 e. The maximum absolute atomic E-state index is 5.23. The predicted octanol–water partition coefficient (Wildman–Crippen LogP) is 2.93. The molecule has 2 atom stereocenters. The van der Waals surface area contributed by atoms with Crippen molar-refractivity contribution in [3.05, 3.63) is 0 Å². The van der Waals surface area contributed by atoms with Crippen molar-refractivity contribution in [3.8, 4) is 0 Å². The van der Waals surface area contributed by atoms with Gasteiger partial charge in [0.15, 0.2) is 0 Å². The molecule has 0 aliphatic carbocycles. The Morgan fingerprint density at radius 1 is 1.13 bits per heavy atom. The molecule has 0 aromatic heterocycles. The fraction of sp³-hybridized carbons (Fsp3) is 1.00. The minimum absolute atomic E-state index is 0.662. The van der Waals surface area contributed by atoms with Gasteiger partial charge in [-0.2, -0.15) is 0 Å². The Hall–Kier alpha value is -0.0800. The Balaban J connectivity index is 3.81. The van der Waals surface area contributed by atoms with Gasteiger partial charge in [0, 0.05) is 13.7 Å². The average molecular weight is 215 g/mol. The Kier molecular flexibility index (Phi) is 9.12. The van der Waals surface area contributed by atoms with E-state index in [1.807, 2.05) is 0 Å². The lowest BCUT2D eigenvalue weighted by molar-refractivity contribution is 0.124. The highest BCUT2D eigenvalue weighted by atomic mass is 16.5. The summed E-state index contributed by atoms with van der Waals surface area (Å²) >= 11 is 0. The molecule has 0 saturated carbocycles. The molecule has 0 saturated heterocycles. The van der Waals surface area contributed by atoms with Crippen LogP contribution in [0, 0.1) is 17.8 Å². The van der Waals surface area contributed by atoms with E-state index in [4.69, 9.17) is 4.74 Å². The molecule has 1 N–H and O–H groups in total. The lowest BCUT2D eigenvalue weighted by Gasteiger charge is -2.24. The lowest BCUT2D eigenvalue weighted by Crippen LogP contribution is -2.31. The molecule has 0 fully saturated rings. The molecule has 2 unspecified atom stereocenters. The average Bonchev–Trinajstić information content (AvgIpc) is 2.16. The number of hydrogen-bond donors (Lipinski definition) is 1. The normalized spacial score (nSPS) is 15.6. The molecule has 0 amide bonds. The third-order valence-corrected chi connectivity index (χ3v) is 2.85. The molecule has 0 rings (SSSR count). The van der Waals surface area contributed by atoms with Crippen molar-refractivity contribution >= 4 is 0 Å². The van der Waals surface area contributed by atoms with E-state index >= 15 is 0 Å². The second-order valence-electron chi connectivity index (χ2n) is 5.03. The molecule has 0 radical (unpaired) electrons. The largest absolute Gasteiger partial charge is 0.384 e. The second kappa shape index (κ2) is 9.17. The molecule has 0 spiro atoms. The van der Waals surface area contributed by atoms with E-state index in [-0.39, 0.29) is 0 Å². The van der Waals surface area contributed by atoms with E-state index in [1.165, 1.54) is 12.8 Å². The molecule has 15 heavy (non-hydrogen) atoms. The fourth-order valence-electron chi connectivity index (χ4n) is 1.91. The third kappa shape index (κ3) is 7.80. The first-order valence-corrected chi connectivity index (χ1v) is 6.31. The van der Waals surface area contributed by atoms with Crippen LogP contribution in [0.4, 0.5) is 0 Å². The minimum atomic E-state index is 0.662. The van der Waals surface area contributed by atoms with Gasteiger partial charge in [0.2, 0.25) is 0 Å². The first-order chi connectivity index (χ1) is 7.11. The van der Waals surface area contributed by atoms with Gasteiger partial charge in [-0.3, -0.25) is 0 Å². The SMILES string of the molecule is CCCC(CNCC(C)C)C(C)COC. The van der Waals surface area contributed by atoms with Crippen molar-refractivity contribution in [2.75, 3.05) is 26.8 Å². The summed E-state index contributed by atoms with van der Waals surface area (Å²) in [6.45, 7) is 12.2. The predicted molar refractivity (Wildman–Crippen MR) is 67.1 cm³/mol. The van der Waals surface area contributed by atoms with Crippen LogP contribution in [0.25, 0.3) is 0 Å². The highest BCUT2D eigenvalue weighted by Gasteiger charge is 2.15. The van der Waals surface area contributed by atoms with Crippen molar-refractivity contribution in [1.29, 1.82) is 0 Å². The molecule has 0 aliphatic rings. The standard InChI is InChI=1S/C13H29NO/c1-6-7-13(12(4)10-15-5)9-14-8-11(2)3/h11-14H,6-10H2,1-5H3. The van der Waals surface area contributed by atoms with Crippen LogP contribution in [-0.2, 0) is 4.74 Å². The van der Waals surface area contributed by atoms with Gasteiger partial charge in [0.05, 0.1) is 0 Å². The summed E-state index contributed by atoms with van der Waals surface area (Å²) in [5, 5.41) is 3.55. The monoisotopic (exact) mass is 215 g/mol. The molecular formula is C13H29NO. The zero-order valence-corrected chi connectivity index (χ0v) is 11.2. The van der Waals surface area contributed by atoms with Crippen LogP contribution in [0.3, 0.4) is 0 Å².